The Balaban J connectivity index is 1.53. The second-order valence-electron chi connectivity index (χ2n) is 7.14. The minimum atomic E-state index is 0.261. The van der Waals surface area contributed by atoms with Gasteiger partial charge in [0.1, 0.15) is 11.6 Å². The molecular formula is C23H26N6O. The molecular weight excluding hydrogens is 376 g/mol. The summed E-state index contributed by atoms with van der Waals surface area (Å²) in [6.07, 6.45) is 4.69. The number of nitrogen functional groups attached to an aromatic ring is 1. The van der Waals surface area contributed by atoms with E-state index in [1.165, 1.54) is 0 Å². The number of rotatable bonds is 8. The van der Waals surface area contributed by atoms with Gasteiger partial charge in [0.25, 0.3) is 0 Å². The van der Waals surface area contributed by atoms with Gasteiger partial charge in [-0.15, -0.1) is 0 Å². The van der Waals surface area contributed by atoms with Gasteiger partial charge in [-0.05, 0) is 41.3 Å². The first-order chi connectivity index (χ1) is 14.7. The Morgan fingerprint density at radius 1 is 1.10 bits per heavy atom. The summed E-state index contributed by atoms with van der Waals surface area (Å²) in [6.45, 7) is 3.66. The van der Waals surface area contributed by atoms with E-state index >= 15 is 0 Å². The first-order valence-corrected chi connectivity index (χ1v) is 10.1. The fourth-order valence-corrected chi connectivity index (χ4v) is 3.49. The molecule has 2 heterocycles. The third kappa shape index (κ3) is 4.68. The second-order valence-corrected chi connectivity index (χ2v) is 7.14. The molecule has 154 valence electrons. The van der Waals surface area contributed by atoms with Crippen LogP contribution < -0.4 is 15.8 Å². The maximum atomic E-state index is 5.86. The number of aromatic nitrogens is 2. The second kappa shape index (κ2) is 9.26. The van der Waals surface area contributed by atoms with Crippen molar-refractivity contribution in [3.63, 3.8) is 0 Å². The van der Waals surface area contributed by atoms with Crippen LogP contribution in [-0.4, -0.2) is 54.5 Å². The summed E-state index contributed by atoms with van der Waals surface area (Å²) in [5, 5.41) is 3.43. The first-order valence-electron chi connectivity index (χ1n) is 10.1. The Hall–Kier alpha value is -3.61. The molecule has 0 bridgehead atoms. The number of methoxy groups -OCH3 is 1. The van der Waals surface area contributed by atoms with Crippen molar-refractivity contribution in [1.82, 2.24) is 14.9 Å². The lowest BCUT2D eigenvalue weighted by atomic mass is 10.00. The van der Waals surface area contributed by atoms with Crippen molar-refractivity contribution >= 4 is 18.1 Å². The highest BCUT2D eigenvalue weighted by molar-refractivity contribution is 5.79. The van der Waals surface area contributed by atoms with Gasteiger partial charge in [0, 0.05) is 31.4 Å². The van der Waals surface area contributed by atoms with Gasteiger partial charge in [-0.1, -0.05) is 30.3 Å². The SMILES string of the molecule is COc1cccc(-c2cccc(-c3cnc(N)nc3NCCCN3C=NCC3)c2)c1. The zero-order chi connectivity index (χ0) is 20.8. The van der Waals surface area contributed by atoms with Crippen LogP contribution in [0.4, 0.5) is 11.8 Å². The highest BCUT2D eigenvalue weighted by Crippen LogP contribution is 2.31. The van der Waals surface area contributed by atoms with Crippen molar-refractivity contribution in [2.45, 2.75) is 6.42 Å². The Kier molecular flexibility index (Phi) is 6.08. The molecule has 0 atom stereocenters. The van der Waals surface area contributed by atoms with Crippen molar-refractivity contribution in [2.24, 2.45) is 4.99 Å². The minimum absolute atomic E-state index is 0.261. The number of benzene rings is 2. The topological polar surface area (TPSA) is 88.7 Å². The largest absolute Gasteiger partial charge is 0.497 e. The van der Waals surface area contributed by atoms with Crippen molar-refractivity contribution in [1.29, 1.82) is 0 Å². The van der Waals surface area contributed by atoms with Crippen LogP contribution >= 0.6 is 0 Å². The quantitative estimate of drug-likeness (QED) is 0.560. The zero-order valence-corrected chi connectivity index (χ0v) is 17.1. The summed E-state index contributed by atoms with van der Waals surface area (Å²) in [4.78, 5) is 15.1. The number of ether oxygens (including phenoxy) is 1. The summed E-state index contributed by atoms with van der Waals surface area (Å²) in [5.74, 6) is 1.84. The molecule has 1 aromatic heterocycles. The molecule has 1 aliphatic rings. The van der Waals surface area contributed by atoms with E-state index in [1.807, 2.05) is 30.6 Å². The average molecular weight is 403 g/mol. The van der Waals surface area contributed by atoms with Crippen LogP contribution in [0.15, 0.2) is 59.7 Å². The van der Waals surface area contributed by atoms with Crippen LogP contribution in [0.2, 0.25) is 0 Å². The van der Waals surface area contributed by atoms with Crippen LogP contribution in [-0.2, 0) is 0 Å². The van der Waals surface area contributed by atoms with E-state index in [0.29, 0.717) is 0 Å². The Morgan fingerprint density at radius 2 is 1.90 bits per heavy atom. The van der Waals surface area contributed by atoms with E-state index in [1.54, 1.807) is 13.3 Å². The molecule has 30 heavy (non-hydrogen) atoms. The highest BCUT2D eigenvalue weighted by Gasteiger charge is 2.11. The van der Waals surface area contributed by atoms with Crippen molar-refractivity contribution < 1.29 is 4.74 Å². The zero-order valence-electron chi connectivity index (χ0n) is 17.1. The molecule has 0 aliphatic carbocycles. The molecule has 0 spiro atoms. The summed E-state index contributed by atoms with van der Waals surface area (Å²) >= 11 is 0. The first kappa shape index (κ1) is 19.7. The van der Waals surface area contributed by atoms with Gasteiger partial charge < -0.3 is 20.7 Å². The third-order valence-corrected chi connectivity index (χ3v) is 5.06. The van der Waals surface area contributed by atoms with E-state index in [-0.39, 0.29) is 5.95 Å². The number of nitrogens with two attached hydrogens (primary N) is 1. The average Bonchev–Trinajstić information content (AvgIpc) is 3.30. The van der Waals surface area contributed by atoms with Crippen LogP contribution in [0, 0.1) is 0 Å². The monoisotopic (exact) mass is 402 g/mol. The Bertz CT molecular complexity index is 1040. The molecule has 0 saturated heterocycles. The van der Waals surface area contributed by atoms with Gasteiger partial charge in [0.05, 0.1) is 20.0 Å². The summed E-state index contributed by atoms with van der Waals surface area (Å²) in [7, 11) is 1.68. The molecule has 0 saturated carbocycles. The fraction of sp³-hybridized carbons (Fsp3) is 0.261. The van der Waals surface area contributed by atoms with Gasteiger partial charge in [-0.25, -0.2) is 4.98 Å². The van der Waals surface area contributed by atoms with Crippen LogP contribution in [0.1, 0.15) is 6.42 Å². The van der Waals surface area contributed by atoms with Gasteiger partial charge in [0.15, 0.2) is 0 Å². The number of aliphatic imine (C=N–C) groups is 1. The number of hydrogen-bond acceptors (Lipinski definition) is 7. The summed E-state index contributed by atoms with van der Waals surface area (Å²) < 4.78 is 5.36. The van der Waals surface area contributed by atoms with E-state index in [2.05, 4.69) is 49.4 Å². The van der Waals surface area contributed by atoms with Crippen molar-refractivity contribution in [2.75, 3.05) is 44.3 Å². The minimum Gasteiger partial charge on any atom is -0.497 e. The standard InChI is InChI=1S/C23H26N6O/c1-30-20-8-3-6-18(14-20)17-5-2-7-19(13-17)21-15-27-23(24)28-22(21)26-9-4-11-29-12-10-25-16-29/h2-3,5-8,13-16H,4,9-12H2,1H3,(H3,24,26,27,28). The van der Waals surface area contributed by atoms with Gasteiger partial charge in [-0.2, -0.15) is 4.98 Å². The number of anilines is 2. The lowest BCUT2D eigenvalue weighted by molar-refractivity contribution is 0.415. The molecule has 7 heteroatoms. The van der Waals surface area contributed by atoms with Crippen LogP contribution in [0.25, 0.3) is 22.3 Å². The molecule has 3 N–H and O–H groups in total. The maximum absolute atomic E-state index is 5.86. The highest BCUT2D eigenvalue weighted by atomic mass is 16.5. The molecule has 0 fully saturated rings. The number of hydrogen-bond donors (Lipinski definition) is 2. The fourth-order valence-electron chi connectivity index (χ4n) is 3.49. The van der Waals surface area contributed by atoms with Gasteiger partial charge >= 0.3 is 0 Å². The van der Waals surface area contributed by atoms with Gasteiger partial charge in [-0.3, -0.25) is 4.99 Å². The number of nitrogens with zero attached hydrogens (tertiary/aromatic N) is 4. The molecule has 4 rings (SSSR count). The Labute approximate surface area is 176 Å². The Morgan fingerprint density at radius 3 is 2.70 bits per heavy atom. The predicted molar refractivity (Wildman–Crippen MR) is 122 cm³/mol. The van der Waals surface area contributed by atoms with Gasteiger partial charge in [0.2, 0.25) is 5.95 Å². The number of nitrogens with one attached hydrogen (secondary N) is 1. The molecule has 3 aromatic rings. The lowest BCUT2D eigenvalue weighted by Gasteiger charge is -2.15. The van der Waals surface area contributed by atoms with Crippen molar-refractivity contribution in [3.05, 3.63) is 54.7 Å². The van der Waals surface area contributed by atoms with E-state index in [9.17, 15) is 0 Å². The summed E-state index contributed by atoms with van der Waals surface area (Å²) in [5.41, 5.74) is 10.0. The lowest BCUT2D eigenvalue weighted by Crippen LogP contribution is -2.22. The third-order valence-electron chi connectivity index (χ3n) is 5.06. The molecule has 0 radical (unpaired) electrons. The molecule has 7 nitrogen and oxygen atoms in total. The van der Waals surface area contributed by atoms with E-state index in [0.717, 1.165) is 66.4 Å². The van der Waals surface area contributed by atoms with Crippen LogP contribution in [0.5, 0.6) is 5.75 Å². The normalized spacial score (nSPS) is 12.9. The van der Waals surface area contributed by atoms with Crippen molar-refractivity contribution in [3.8, 4) is 28.0 Å². The molecule has 0 amide bonds. The van der Waals surface area contributed by atoms with E-state index in [4.69, 9.17) is 10.5 Å². The molecule has 0 unspecified atom stereocenters. The maximum Gasteiger partial charge on any atom is 0.221 e. The van der Waals surface area contributed by atoms with E-state index < -0.39 is 0 Å². The molecule has 1 aliphatic heterocycles. The molecule has 2 aromatic carbocycles. The predicted octanol–water partition coefficient (Wildman–Crippen LogP) is 3.55. The summed E-state index contributed by atoms with van der Waals surface area (Å²) in [6, 6.07) is 16.3. The van der Waals surface area contributed by atoms with Crippen LogP contribution in [0.3, 0.4) is 0 Å². The smallest absolute Gasteiger partial charge is 0.221 e.